The molecule has 0 radical (unpaired) electrons. The number of sulfonamides is 1. The Labute approximate surface area is 175 Å². The van der Waals surface area contributed by atoms with Crippen LogP contribution in [0.4, 0.5) is 13.2 Å². The van der Waals surface area contributed by atoms with E-state index in [-0.39, 0.29) is 11.4 Å². The van der Waals surface area contributed by atoms with E-state index in [1.807, 2.05) is 35.9 Å². The van der Waals surface area contributed by atoms with Gasteiger partial charge in [-0.2, -0.15) is 18.3 Å². The van der Waals surface area contributed by atoms with Crippen molar-refractivity contribution in [2.24, 2.45) is 7.05 Å². The molecule has 0 fully saturated rings. The molecule has 2 heterocycles. The average Bonchev–Trinajstić information content (AvgIpc) is 3.28. The Hall–Kier alpha value is -3.34. The van der Waals surface area contributed by atoms with Crippen LogP contribution in [0.15, 0.2) is 53.6 Å². The zero-order chi connectivity index (χ0) is 22.6. The first-order valence-corrected chi connectivity index (χ1v) is 10.7. The molecule has 2 aromatic heterocycles. The molecule has 162 valence electrons. The molecular formula is C20H17F3N4O3S. The summed E-state index contributed by atoms with van der Waals surface area (Å²) in [6.45, 7) is 1.63. The third-order valence-electron chi connectivity index (χ3n) is 5.02. The molecule has 31 heavy (non-hydrogen) atoms. The Bertz CT molecular complexity index is 1440. The van der Waals surface area contributed by atoms with E-state index in [1.54, 1.807) is 17.7 Å². The van der Waals surface area contributed by atoms with Gasteiger partial charge in [-0.1, -0.05) is 18.2 Å². The third-order valence-corrected chi connectivity index (χ3v) is 6.35. The first-order chi connectivity index (χ1) is 14.5. The molecule has 0 saturated carbocycles. The monoisotopic (exact) mass is 450 g/mol. The molecule has 0 saturated heterocycles. The second-order valence-corrected chi connectivity index (χ2v) is 8.62. The summed E-state index contributed by atoms with van der Waals surface area (Å²) in [5, 5.41) is 4.79. The summed E-state index contributed by atoms with van der Waals surface area (Å²) in [5.41, 5.74) is -0.636. The van der Waals surface area contributed by atoms with Gasteiger partial charge in [0.2, 0.25) is 0 Å². The number of hydrogen-bond acceptors (Lipinski definition) is 4. The van der Waals surface area contributed by atoms with E-state index in [4.69, 9.17) is 0 Å². The summed E-state index contributed by atoms with van der Waals surface area (Å²) in [6.07, 6.45) is -4.03. The number of fused-ring (bicyclic) bond motifs is 3. The minimum Gasteiger partial charge on any atom is -0.344 e. The van der Waals surface area contributed by atoms with Gasteiger partial charge in [0, 0.05) is 41.6 Å². The lowest BCUT2D eigenvalue weighted by Crippen LogP contribution is -2.31. The van der Waals surface area contributed by atoms with E-state index in [2.05, 4.69) is 5.10 Å². The minimum atomic E-state index is -4.90. The number of rotatable bonds is 4. The summed E-state index contributed by atoms with van der Waals surface area (Å²) in [6, 6.07) is 11.7. The molecular weight excluding hydrogens is 433 g/mol. The van der Waals surface area contributed by atoms with Crippen molar-refractivity contribution in [2.75, 3.05) is 0 Å². The van der Waals surface area contributed by atoms with Crippen LogP contribution >= 0.6 is 0 Å². The lowest BCUT2D eigenvalue weighted by atomic mass is 10.1. The minimum absolute atomic E-state index is 0.0842. The topological polar surface area (TPSA) is 86.0 Å². The van der Waals surface area contributed by atoms with Crippen molar-refractivity contribution in [1.82, 2.24) is 19.1 Å². The summed E-state index contributed by atoms with van der Waals surface area (Å²) in [7, 11) is -2.59. The normalized spacial score (nSPS) is 12.5. The van der Waals surface area contributed by atoms with Gasteiger partial charge in [-0.3, -0.25) is 9.48 Å². The lowest BCUT2D eigenvalue weighted by molar-refractivity contribution is -0.141. The van der Waals surface area contributed by atoms with Gasteiger partial charge in [-0.15, -0.1) is 0 Å². The number of aryl methyl sites for hydroxylation is 2. The molecule has 0 atom stereocenters. The quantitative estimate of drug-likeness (QED) is 0.514. The van der Waals surface area contributed by atoms with Crippen molar-refractivity contribution < 1.29 is 26.4 Å². The molecule has 0 aliphatic heterocycles. The summed E-state index contributed by atoms with van der Waals surface area (Å²) < 4.78 is 69.8. The number of alkyl halides is 3. The van der Waals surface area contributed by atoms with Crippen LogP contribution in [0.1, 0.15) is 23.0 Å². The number of carbonyl (C=O) groups excluding carboxylic acids is 1. The maximum absolute atomic E-state index is 13.2. The van der Waals surface area contributed by atoms with Crippen molar-refractivity contribution in [3.05, 3.63) is 59.9 Å². The number of carbonyl (C=O) groups is 1. The molecule has 1 amide bonds. The molecule has 4 rings (SSSR count). The summed E-state index contributed by atoms with van der Waals surface area (Å²) in [5.74, 6) is -1.40. The lowest BCUT2D eigenvalue weighted by Gasteiger charge is -2.09. The first kappa shape index (κ1) is 20.9. The number of hydrogen-bond donors (Lipinski definition) is 1. The molecule has 0 aliphatic carbocycles. The zero-order valence-electron chi connectivity index (χ0n) is 16.4. The largest absolute Gasteiger partial charge is 0.435 e. The van der Waals surface area contributed by atoms with Crippen LogP contribution in [-0.4, -0.2) is 28.7 Å². The Morgan fingerprint density at radius 3 is 2.45 bits per heavy atom. The molecule has 0 aliphatic rings. The highest BCUT2D eigenvalue weighted by atomic mass is 32.2. The van der Waals surface area contributed by atoms with Crippen molar-refractivity contribution in [3.63, 3.8) is 0 Å². The van der Waals surface area contributed by atoms with Crippen LogP contribution in [0.2, 0.25) is 0 Å². The van der Waals surface area contributed by atoms with E-state index >= 15 is 0 Å². The first-order valence-electron chi connectivity index (χ1n) is 9.22. The Morgan fingerprint density at radius 2 is 1.77 bits per heavy atom. The van der Waals surface area contributed by atoms with Gasteiger partial charge in [0.25, 0.3) is 15.9 Å². The van der Waals surface area contributed by atoms with Gasteiger partial charge in [-0.25, -0.2) is 13.1 Å². The number of para-hydroxylation sites is 1. The van der Waals surface area contributed by atoms with Crippen molar-refractivity contribution >= 4 is 37.7 Å². The Kier molecular flexibility index (Phi) is 4.80. The van der Waals surface area contributed by atoms with Crippen LogP contribution in [0.3, 0.4) is 0 Å². The van der Waals surface area contributed by atoms with E-state index in [9.17, 15) is 26.4 Å². The van der Waals surface area contributed by atoms with E-state index < -0.39 is 33.4 Å². The van der Waals surface area contributed by atoms with Gasteiger partial charge >= 0.3 is 6.18 Å². The number of amides is 1. The van der Waals surface area contributed by atoms with E-state index in [0.29, 0.717) is 5.39 Å². The highest BCUT2D eigenvalue weighted by Crippen LogP contribution is 2.32. The Balaban J connectivity index is 1.75. The van der Waals surface area contributed by atoms with E-state index in [0.717, 1.165) is 27.3 Å². The SMILES string of the molecule is CCn1cc(C(=O)NS(=O)(=O)c2ccc3c(c2)c2ccccc2n3C)c(C(F)(F)F)n1. The van der Waals surface area contributed by atoms with Crippen molar-refractivity contribution in [1.29, 1.82) is 0 Å². The molecule has 4 aromatic rings. The average molecular weight is 450 g/mol. The number of aromatic nitrogens is 3. The highest BCUT2D eigenvalue weighted by Gasteiger charge is 2.39. The van der Waals surface area contributed by atoms with Gasteiger partial charge in [0.05, 0.1) is 10.5 Å². The van der Waals surface area contributed by atoms with Gasteiger partial charge in [-0.05, 0) is 31.2 Å². The summed E-state index contributed by atoms with van der Waals surface area (Å²) in [4.78, 5) is 12.2. The van der Waals surface area contributed by atoms with Gasteiger partial charge in [0.15, 0.2) is 5.69 Å². The van der Waals surface area contributed by atoms with Crippen LogP contribution < -0.4 is 4.72 Å². The van der Waals surface area contributed by atoms with Crippen molar-refractivity contribution in [2.45, 2.75) is 24.5 Å². The van der Waals surface area contributed by atoms with Crippen molar-refractivity contribution in [3.8, 4) is 0 Å². The molecule has 0 bridgehead atoms. The number of halogens is 3. The van der Waals surface area contributed by atoms with Crippen LogP contribution in [0, 0.1) is 0 Å². The highest BCUT2D eigenvalue weighted by molar-refractivity contribution is 7.90. The summed E-state index contributed by atoms with van der Waals surface area (Å²) >= 11 is 0. The maximum atomic E-state index is 13.2. The molecule has 1 N–H and O–H groups in total. The zero-order valence-corrected chi connectivity index (χ0v) is 17.3. The number of nitrogens with zero attached hydrogens (tertiary/aromatic N) is 3. The molecule has 7 nitrogen and oxygen atoms in total. The maximum Gasteiger partial charge on any atom is 0.435 e. The second kappa shape index (κ2) is 7.12. The molecule has 2 aromatic carbocycles. The molecule has 0 spiro atoms. The number of benzene rings is 2. The predicted molar refractivity (Wildman–Crippen MR) is 108 cm³/mol. The standard InChI is InChI=1S/C20H17F3N4O3S/c1-3-27-11-15(18(24-27)20(21,22)23)19(28)25-31(29,30)12-8-9-17-14(10-12)13-6-4-5-7-16(13)26(17)2/h4-11H,3H2,1-2H3,(H,25,28). The third kappa shape index (κ3) is 3.54. The fourth-order valence-electron chi connectivity index (χ4n) is 3.51. The fraction of sp³-hybridized carbons (Fsp3) is 0.200. The van der Waals surface area contributed by atoms with E-state index in [1.165, 1.54) is 12.1 Å². The molecule has 0 unspecified atom stereocenters. The number of nitrogens with one attached hydrogen (secondary N) is 1. The van der Waals surface area contributed by atoms with Gasteiger partial charge in [0.1, 0.15) is 0 Å². The van der Waals surface area contributed by atoms with Crippen LogP contribution in [0.25, 0.3) is 21.8 Å². The second-order valence-electron chi connectivity index (χ2n) is 6.93. The smallest absolute Gasteiger partial charge is 0.344 e. The van der Waals surface area contributed by atoms with Gasteiger partial charge < -0.3 is 4.57 Å². The fourth-order valence-corrected chi connectivity index (χ4v) is 4.50. The molecule has 11 heteroatoms. The van der Waals surface area contributed by atoms with Crippen LogP contribution in [0.5, 0.6) is 0 Å². The Morgan fingerprint density at radius 1 is 1.10 bits per heavy atom. The van der Waals surface area contributed by atoms with Crippen LogP contribution in [-0.2, 0) is 29.8 Å². The predicted octanol–water partition coefficient (Wildman–Crippen LogP) is 3.69.